The van der Waals surface area contributed by atoms with Crippen LogP contribution in [0.2, 0.25) is 0 Å². The molecule has 0 fully saturated rings. The number of nitrogens with one attached hydrogen (secondary N) is 1. The second kappa shape index (κ2) is 7.14. The molecule has 0 amide bonds. The van der Waals surface area contributed by atoms with Crippen LogP contribution in [0.3, 0.4) is 0 Å². The van der Waals surface area contributed by atoms with E-state index in [0.29, 0.717) is 16.8 Å². The van der Waals surface area contributed by atoms with E-state index in [1.165, 1.54) is 6.07 Å². The molecule has 1 atom stereocenters. The van der Waals surface area contributed by atoms with Crippen LogP contribution in [0, 0.1) is 0 Å². The summed E-state index contributed by atoms with van der Waals surface area (Å²) in [5, 5.41) is 3.19. The maximum absolute atomic E-state index is 12.5. The molecule has 19 heavy (non-hydrogen) atoms. The van der Waals surface area contributed by atoms with Crippen molar-refractivity contribution < 1.29 is 17.9 Å². The van der Waals surface area contributed by atoms with Crippen LogP contribution >= 0.6 is 15.9 Å². The Bertz CT molecular complexity index is 403. The van der Waals surface area contributed by atoms with Crippen molar-refractivity contribution in [1.29, 1.82) is 0 Å². The van der Waals surface area contributed by atoms with Gasteiger partial charge in [0, 0.05) is 23.3 Å². The number of hydrogen-bond donors (Lipinski definition) is 1. The van der Waals surface area contributed by atoms with Crippen molar-refractivity contribution in [2.75, 3.05) is 19.0 Å². The molecule has 1 rings (SSSR count). The van der Waals surface area contributed by atoms with Gasteiger partial charge in [-0.2, -0.15) is 13.2 Å². The summed E-state index contributed by atoms with van der Waals surface area (Å²) in [7, 11) is 1.60. The lowest BCUT2D eigenvalue weighted by Crippen LogP contribution is -2.25. The summed E-state index contributed by atoms with van der Waals surface area (Å²) in [6, 6.07) is 3.68. The Kier molecular flexibility index (Phi) is 6.13. The molecular formula is C13H17BrF3NO. The van der Waals surface area contributed by atoms with Gasteiger partial charge >= 0.3 is 6.18 Å². The van der Waals surface area contributed by atoms with Crippen LogP contribution in [0.15, 0.2) is 22.7 Å². The second-order valence-electron chi connectivity index (χ2n) is 4.28. The van der Waals surface area contributed by atoms with Crippen molar-refractivity contribution >= 4 is 21.6 Å². The monoisotopic (exact) mass is 339 g/mol. The van der Waals surface area contributed by atoms with Crippen LogP contribution in [0.25, 0.3) is 0 Å². The van der Waals surface area contributed by atoms with Gasteiger partial charge in [0.15, 0.2) is 0 Å². The number of halogens is 4. The average molecular weight is 340 g/mol. The average Bonchev–Trinajstić information content (AvgIpc) is 2.31. The van der Waals surface area contributed by atoms with Crippen molar-refractivity contribution in [3.05, 3.63) is 28.2 Å². The van der Waals surface area contributed by atoms with Crippen molar-refractivity contribution in [2.24, 2.45) is 0 Å². The van der Waals surface area contributed by atoms with E-state index in [1.807, 2.05) is 6.92 Å². The largest absolute Gasteiger partial charge is 0.416 e. The summed E-state index contributed by atoms with van der Waals surface area (Å²) in [5.74, 6) is 0. The third kappa shape index (κ3) is 5.03. The quantitative estimate of drug-likeness (QED) is 0.811. The lowest BCUT2D eigenvalue weighted by Gasteiger charge is -2.20. The van der Waals surface area contributed by atoms with Gasteiger partial charge in [0.1, 0.15) is 0 Å². The summed E-state index contributed by atoms with van der Waals surface area (Å²) < 4.78 is 43.1. The third-order valence-electron chi connectivity index (χ3n) is 2.66. The molecule has 0 heterocycles. The predicted octanol–water partition coefficient (Wildman–Crippen LogP) is 4.69. The zero-order chi connectivity index (χ0) is 14.5. The molecule has 0 radical (unpaired) electrons. The maximum atomic E-state index is 12.5. The number of anilines is 1. The zero-order valence-electron chi connectivity index (χ0n) is 10.9. The third-order valence-corrected chi connectivity index (χ3v) is 3.32. The molecule has 0 saturated carbocycles. The minimum atomic E-state index is -4.32. The van der Waals surface area contributed by atoms with Gasteiger partial charge < -0.3 is 10.1 Å². The van der Waals surface area contributed by atoms with Crippen LogP contribution in [0.1, 0.15) is 25.3 Å². The fourth-order valence-corrected chi connectivity index (χ4v) is 2.27. The van der Waals surface area contributed by atoms with Crippen LogP contribution < -0.4 is 5.32 Å². The summed E-state index contributed by atoms with van der Waals surface area (Å²) in [6.45, 7) is 2.56. The zero-order valence-corrected chi connectivity index (χ0v) is 12.4. The van der Waals surface area contributed by atoms with Crippen LogP contribution in [-0.4, -0.2) is 19.8 Å². The van der Waals surface area contributed by atoms with Crippen molar-refractivity contribution in [3.63, 3.8) is 0 Å². The highest BCUT2D eigenvalue weighted by atomic mass is 79.9. The Hall–Kier alpha value is -0.750. The van der Waals surface area contributed by atoms with E-state index in [2.05, 4.69) is 21.2 Å². The molecule has 0 aliphatic carbocycles. The van der Waals surface area contributed by atoms with Crippen LogP contribution in [-0.2, 0) is 10.9 Å². The Labute approximate surface area is 119 Å². The fourth-order valence-electron chi connectivity index (χ4n) is 1.78. The van der Waals surface area contributed by atoms with Gasteiger partial charge in [-0.3, -0.25) is 0 Å². The van der Waals surface area contributed by atoms with Crippen molar-refractivity contribution in [1.82, 2.24) is 0 Å². The van der Waals surface area contributed by atoms with Gasteiger partial charge in [0.2, 0.25) is 0 Å². The summed E-state index contributed by atoms with van der Waals surface area (Å²) in [6.07, 6.45) is -2.46. The molecule has 0 aliphatic rings. The molecular weight excluding hydrogens is 323 g/mol. The first-order chi connectivity index (χ1) is 8.88. The summed E-state index contributed by atoms with van der Waals surface area (Å²) in [4.78, 5) is 0. The number of methoxy groups -OCH3 is 1. The highest BCUT2D eigenvalue weighted by Crippen LogP contribution is 2.34. The second-order valence-corrected chi connectivity index (χ2v) is 5.13. The first kappa shape index (κ1) is 16.3. The van der Waals surface area contributed by atoms with E-state index in [9.17, 15) is 13.2 Å². The first-order valence-electron chi connectivity index (χ1n) is 6.00. The molecule has 2 nitrogen and oxygen atoms in total. The summed E-state index contributed by atoms with van der Waals surface area (Å²) >= 11 is 3.17. The highest BCUT2D eigenvalue weighted by Gasteiger charge is 2.30. The first-order valence-corrected chi connectivity index (χ1v) is 6.80. The fraction of sp³-hybridized carbons (Fsp3) is 0.538. The van der Waals surface area contributed by atoms with Crippen LogP contribution in [0.5, 0.6) is 0 Å². The van der Waals surface area contributed by atoms with Gasteiger partial charge in [-0.05, 0) is 40.5 Å². The van der Waals surface area contributed by atoms with Gasteiger partial charge in [-0.15, -0.1) is 0 Å². The predicted molar refractivity (Wildman–Crippen MR) is 73.3 cm³/mol. The van der Waals surface area contributed by atoms with E-state index >= 15 is 0 Å². The van der Waals surface area contributed by atoms with E-state index in [0.717, 1.165) is 25.0 Å². The van der Waals surface area contributed by atoms with E-state index in [-0.39, 0.29) is 6.04 Å². The van der Waals surface area contributed by atoms with Gasteiger partial charge in [-0.1, -0.05) is 13.3 Å². The molecule has 1 N–H and O–H groups in total. The maximum Gasteiger partial charge on any atom is 0.416 e. The molecule has 0 bridgehead atoms. The molecule has 1 aromatic rings. The molecule has 0 aromatic heterocycles. The van der Waals surface area contributed by atoms with Crippen LogP contribution in [0.4, 0.5) is 18.9 Å². The SMILES string of the molecule is CCCC(COC)Nc1ccc(C(F)(F)F)cc1Br. The lowest BCUT2D eigenvalue weighted by molar-refractivity contribution is -0.137. The Morgan fingerprint density at radius 3 is 2.53 bits per heavy atom. The summed E-state index contributed by atoms with van der Waals surface area (Å²) in [5.41, 5.74) is -0.0211. The smallest absolute Gasteiger partial charge is 0.383 e. The lowest BCUT2D eigenvalue weighted by atomic mass is 10.1. The molecule has 108 valence electrons. The topological polar surface area (TPSA) is 21.3 Å². The number of rotatable bonds is 6. The molecule has 0 aliphatic heterocycles. The van der Waals surface area contributed by atoms with Crippen molar-refractivity contribution in [3.8, 4) is 0 Å². The van der Waals surface area contributed by atoms with E-state index in [4.69, 9.17) is 4.74 Å². The number of hydrogen-bond acceptors (Lipinski definition) is 2. The Balaban J connectivity index is 2.84. The van der Waals surface area contributed by atoms with Crippen molar-refractivity contribution in [2.45, 2.75) is 32.0 Å². The minimum absolute atomic E-state index is 0.0861. The molecule has 1 aromatic carbocycles. The number of ether oxygens (including phenoxy) is 1. The molecule has 1 unspecified atom stereocenters. The minimum Gasteiger partial charge on any atom is -0.383 e. The van der Waals surface area contributed by atoms with Gasteiger partial charge in [0.25, 0.3) is 0 Å². The molecule has 6 heteroatoms. The number of alkyl halides is 3. The van der Waals surface area contributed by atoms with Gasteiger partial charge in [0.05, 0.1) is 12.2 Å². The number of benzene rings is 1. The Morgan fingerprint density at radius 1 is 1.37 bits per heavy atom. The Morgan fingerprint density at radius 2 is 2.05 bits per heavy atom. The van der Waals surface area contributed by atoms with E-state index < -0.39 is 11.7 Å². The van der Waals surface area contributed by atoms with Gasteiger partial charge in [-0.25, -0.2) is 0 Å². The molecule has 0 spiro atoms. The standard InChI is InChI=1S/C13H17BrF3NO/c1-3-4-10(8-19-2)18-12-6-5-9(7-11(12)14)13(15,16)17/h5-7,10,18H,3-4,8H2,1-2H3. The molecule has 0 saturated heterocycles. The normalized spacial score (nSPS) is 13.4. The van der Waals surface area contributed by atoms with E-state index in [1.54, 1.807) is 7.11 Å². The highest BCUT2D eigenvalue weighted by molar-refractivity contribution is 9.10.